The van der Waals surface area contributed by atoms with E-state index in [4.69, 9.17) is 11.6 Å². The summed E-state index contributed by atoms with van der Waals surface area (Å²) < 4.78 is 27.0. The molecule has 0 radical (unpaired) electrons. The highest BCUT2D eigenvalue weighted by Gasteiger charge is 2.06. The quantitative estimate of drug-likeness (QED) is 0.722. The highest BCUT2D eigenvalue weighted by Crippen LogP contribution is 2.29. The molecule has 0 unspecified atom stereocenters. The third kappa shape index (κ3) is 2.67. The Balaban J connectivity index is 1.96. The van der Waals surface area contributed by atoms with Gasteiger partial charge in [-0.3, -0.25) is 0 Å². The fourth-order valence-corrected chi connectivity index (χ4v) is 2.83. The maximum absolute atomic E-state index is 13.2. The van der Waals surface area contributed by atoms with Crippen LogP contribution in [0.5, 0.6) is 0 Å². The standard InChI is InChI=1S/C13H7ClF2N2S/c14-7-3-9(16)5-10(4-7)17-13-18-11-2-1-8(15)6-12(11)19-13/h1-6H,(H,17,18). The summed E-state index contributed by atoms with van der Waals surface area (Å²) >= 11 is 7.06. The summed E-state index contributed by atoms with van der Waals surface area (Å²) in [6.07, 6.45) is 0. The minimum Gasteiger partial charge on any atom is -0.331 e. The number of anilines is 2. The Morgan fingerprint density at radius 1 is 1.05 bits per heavy atom. The van der Waals surface area contributed by atoms with Crippen molar-refractivity contribution in [2.45, 2.75) is 0 Å². The first kappa shape index (κ1) is 12.3. The van der Waals surface area contributed by atoms with E-state index in [2.05, 4.69) is 10.3 Å². The van der Waals surface area contributed by atoms with Crippen molar-refractivity contribution in [2.24, 2.45) is 0 Å². The predicted octanol–water partition coefficient (Wildman–Crippen LogP) is 4.97. The Bertz CT molecular complexity index is 737. The molecule has 96 valence electrons. The van der Waals surface area contributed by atoms with Gasteiger partial charge in [0, 0.05) is 10.7 Å². The normalized spacial score (nSPS) is 10.9. The van der Waals surface area contributed by atoms with Crippen LogP contribution in [0.4, 0.5) is 19.6 Å². The van der Waals surface area contributed by atoms with Crippen molar-refractivity contribution in [3.8, 4) is 0 Å². The number of benzene rings is 2. The van der Waals surface area contributed by atoms with Crippen LogP contribution < -0.4 is 5.32 Å². The molecular formula is C13H7ClF2N2S. The van der Waals surface area contributed by atoms with Gasteiger partial charge in [0.2, 0.25) is 0 Å². The van der Waals surface area contributed by atoms with Crippen molar-refractivity contribution < 1.29 is 8.78 Å². The third-order valence-electron chi connectivity index (χ3n) is 2.46. The molecule has 2 aromatic carbocycles. The Morgan fingerprint density at radius 2 is 1.89 bits per heavy atom. The van der Waals surface area contributed by atoms with Gasteiger partial charge in [-0.15, -0.1) is 0 Å². The summed E-state index contributed by atoms with van der Waals surface area (Å²) in [5, 5.41) is 3.81. The van der Waals surface area contributed by atoms with Gasteiger partial charge >= 0.3 is 0 Å². The van der Waals surface area contributed by atoms with E-state index < -0.39 is 5.82 Å². The number of rotatable bonds is 2. The maximum atomic E-state index is 13.2. The van der Waals surface area contributed by atoms with Gasteiger partial charge in [-0.05, 0) is 36.4 Å². The summed E-state index contributed by atoms with van der Waals surface area (Å²) in [4.78, 5) is 4.28. The molecule has 1 aromatic heterocycles. The molecule has 0 saturated heterocycles. The zero-order valence-electron chi connectivity index (χ0n) is 9.45. The number of thiazole rings is 1. The van der Waals surface area contributed by atoms with E-state index >= 15 is 0 Å². The Hall–Kier alpha value is -1.72. The lowest BCUT2D eigenvalue weighted by molar-refractivity contribution is 0.628. The SMILES string of the molecule is Fc1cc(Cl)cc(Nc2nc3ccc(F)cc3s2)c1. The molecule has 0 saturated carbocycles. The van der Waals surface area contributed by atoms with E-state index in [1.807, 2.05) is 0 Å². The van der Waals surface area contributed by atoms with Gasteiger partial charge in [-0.25, -0.2) is 13.8 Å². The van der Waals surface area contributed by atoms with E-state index in [9.17, 15) is 8.78 Å². The van der Waals surface area contributed by atoms with Gasteiger partial charge in [0.1, 0.15) is 11.6 Å². The summed E-state index contributed by atoms with van der Waals surface area (Å²) in [5.41, 5.74) is 1.20. The molecular weight excluding hydrogens is 290 g/mol. The zero-order chi connectivity index (χ0) is 13.4. The second-order valence-electron chi connectivity index (χ2n) is 3.91. The highest BCUT2D eigenvalue weighted by atomic mass is 35.5. The maximum Gasteiger partial charge on any atom is 0.188 e. The summed E-state index contributed by atoms with van der Waals surface area (Å²) in [6.45, 7) is 0. The number of fused-ring (bicyclic) bond motifs is 1. The molecule has 1 N–H and O–H groups in total. The van der Waals surface area contributed by atoms with Crippen molar-refractivity contribution in [3.05, 3.63) is 53.1 Å². The first-order valence-electron chi connectivity index (χ1n) is 5.39. The lowest BCUT2D eigenvalue weighted by Crippen LogP contribution is -1.90. The highest BCUT2D eigenvalue weighted by molar-refractivity contribution is 7.22. The molecule has 3 aromatic rings. The third-order valence-corrected chi connectivity index (χ3v) is 3.62. The van der Waals surface area contributed by atoms with Gasteiger partial charge in [-0.2, -0.15) is 0 Å². The second-order valence-corrected chi connectivity index (χ2v) is 5.38. The van der Waals surface area contributed by atoms with Crippen LogP contribution in [0.25, 0.3) is 10.2 Å². The molecule has 6 heteroatoms. The molecule has 0 fully saturated rings. The van der Waals surface area contributed by atoms with E-state index in [1.165, 1.54) is 35.6 Å². The van der Waals surface area contributed by atoms with E-state index in [0.29, 0.717) is 21.4 Å². The van der Waals surface area contributed by atoms with Crippen LogP contribution in [-0.2, 0) is 0 Å². The predicted molar refractivity (Wildman–Crippen MR) is 74.3 cm³/mol. The van der Waals surface area contributed by atoms with Crippen molar-refractivity contribution in [2.75, 3.05) is 5.32 Å². The number of aromatic nitrogens is 1. The van der Waals surface area contributed by atoms with Gasteiger partial charge in [-0.1, -0.05) is 22.9 Å². The van der Waals surface area contributed by atoms with Crippen LogP contribution >= 0.6 is 22.9 Å². The molecule has 19 heavy (non-hydrogen) atoms. The van der Waals surface area contributed by atoms with Gasteiger partial charge < -0.3 is 5.32 Å². The Kier molecular flexibility index (Phi) is 3.08. The van der Waals surface area contributed by atoms with Crippen LogP contribution in [0.15, 0.2) is 36.4 Å². The van der Waals surface area contributed by atoms with Crippen molar-refractivity contribution >= 4 is 44.0 Å². The first-order valence-corrected chi connectivity index (χ1v) is 6.59. The molecule has 0 spiro atoms. The fraction of sp³-hybridized carbons (Fsp3) is 0. The van der Waals surface area contributed by atoms with E-state index in [1.54, 1.807) is 12.1 Å². The lowest BCUT2D eigenvalue weighted by atomic mass is 10.3. The van der Waals surface area contributed by atoms with E-state index in [0.717, 1.165) is 4.70 Å². The van der Waals surface area contributed by atoms with Gasteiger partial charge in [0.25, 0.3) is 0 Å². The Labute approximate surface area is 116 Å². The van der Waals surface area contributed by atoms with Crippen LogP contribution in [0.1, 0.15) is 0 Å². The lowest BCUT2D eigenvalue weighted by Gasteiger charge is -2.02. The van der Waals surface area contributed by atoms with Crippen LogP contribution in [0.3, 0.4) is 0 Å². The number of nitrogens with zero attached hydrogens (tertiary/aromatic N) is 1. The van der Waals surface area contributed by atoms with Crippen molar-refractivity contribution in [3.63, 3.8) is 0 Å². The van der Waals surface area contributed by atoms with Crippen molar-refractivity contribution in [1.82, 2.24) is 4.98 Å². The fourth-order valence-electron chi connectivity index (χ4n) is 1.70. The molecule has 0 amide bonds. The minimum absolute atomic E-state index is 0.301. The molecule has 2 nitrogen and oxygen atoms in total. The number of hydrogen-bond acceptors (Lipinski definition) is 3. The van der Waals surface area contributed by atoms with Crippen LogP contribution in [0, 0.1) is 11.6 Å². The molecule has 0 aliphatic rings. The van der Waals surface area contributed by atoms with Crippen molar-refractivity contribution in [1.29, 1.82) is 0 Å². The molecule has 3 rings (SSSR count). The number of hydrogen-bond donors (Lipinski definition) is 1. The molecule has 0 aliphatic heterocycles. The Morgan fingerprint density at radius 3 is 2.68 bits per heavy atom. The van der Waals surface area contributed by atoms with Gasteiger partial charge in [0.05, 0.1) is 10.2 Å². The summed E-state index contributed by atoms with van der Waals surface area (Å²) in [7, 11) is 0. The number of nitrogens with one attached hydrogen (secondary N) is 1. The molecule has 0 atom stereocenters. The minimum atomic E-state index is -0.429. The topological polar surface area (TPSA) is 24.9 Å². The second kappa shape index (κ2) is 4.75. The van der Waals surface area contributed by atoms with Gasteiger partial charge in [0.15, 0.2) is 5.13 Å². The average molecular weight is 297 g/mol. The zero-order valence-corrected chi connectivity index (χ0v) is 11.0. The number of halogens is 3. The summed E-state index contributed by atoms with van der Waals surface area (Å²) in [5.74, 6) is -0.737. The first-order chi connectivity index (χ1) is 9.10. The summed E-state index contributed by atoms with van der Waals surface area (Å²) in [6, 6.07) is 8.50. The molecule has 0 aliphatic carbocycles. The molecule has 0 bridgehead atoms. The van der Waals surface area contributed by atoms with E-state index in [-0.39, 0.29) is 5.82 Å². The molecule has 1 heterocycles. The average Bonchev–Trinajstić information content (AvgIpc) is 2.68. The van der Waals surface area contributed by atoms with Crippen LogP contribution in [0.2, 0.25) is 5.02 Å². The van der Waals surface area contributed by atoms with Crippen LogP contribution in [-0.4, -0.2) is 4.98 Å². The largest absolute Gasteiger partial charge is 0.331 e. The smallest absolute Gasteiger partial charge is 0.188 e. The monoisotopic (exact) mass is 296 g/mol.